The van der Waals surface area contributed by atoms with Crippen LogP contribution in [0.2, 0.25) is 0 Å². The molecule has 1 unspecified atom stereocenters. The minimum absolute atomic E-state index is 0.0410. The second-order valence-corrected chi connectivity index (χ2v) is 6.56. The molecule has 3 heterocycles. The maximum absolute atomic E-state index is 9.31. The van der Waals surface area contributed by atoms with E-state index < -0.39 is 0 Å². The fourth-order valence-electron chi connectivity index (χ4n) is 3.09. The number of nitrogens with one attached hydrogen (secondary N) is 2. The Balaban J connectivity index is 1.50. The van der Waals surface area contributed by atoms with Crippen molar-refractivity contribution in [2.24, 2.45) is 0 Å². The number of rotatable bonds is 5. The highest BCUT2D eigenvalue weighted by Gasteiger charge is 2.17. The minimum atomic E-state index is 0.0410. The first-order valence-corrected chi connectivity index (χ1v) is 9.24. The monoisotopic (exact) mass is 372 g/mol. The zero-order valence-electron chi connectivity index (χ0n) is 15.3. The highest BCUT2D eigenvalue weighted by molar-refractivity contribution is 5.63. The molecule has 0 amide bonds. The number of anilines is 2. The van der Waals surface area contributed by atoms with E-state index in [0.717, 1.165) is 37.1 Å². The normalized spacial score (nSPS) is 16.2. The van der Waals surface area contributed by atoms with Gasteiger partial charge in [0.25, 0.3) is 0 Å². The quantitative estimate of drug-likeness (QED) is 0.709. The van der Waals surface area contributed by atoms with Gasteiger partial charge in [0.05, 0.1) is 11.9 Å². The summed E-state index contributed by atoms with van der Waals surface area (Å²) in [6, 6.07) is 13.8. The first-order chi connectivity index (χ1) is 13.8. The Bertz CT molecular complexity index is 962. The van der Waals surface area contributed by atoms with E-state index >= 15 is 0 Å². The van der Waals surface area contributed by atoms with Crippen LogP contribution in [0.15, 0.2) is 55.0 Å². The highest BCUT2D eigenvalue weighted by Crippen LogP contribution is 2.25. The van der Waals surface area contributed by atoms with Crippen LogP contribution in [-0.2, 0) is 0 Å². The number of hydrogen-bond acceptors (Lipinski definition) is 7. The number of hydrogen-bond donors (Lipinski definition) is 2. The maximum atomic E-state index is 9.31. The average Bonchev–Trinajstić information content (AvgIpc) is 2.76. The Morgan fingerprint density at radius 1 is 1.07 bits per heavy atom. The zero-order valence-corrected chi connectivity index (χ0v) is 15.3. The van der Waals surface area contributed by atoms with Gasteiger partial charge in [-0.2, -0.15) is 5.26 Å². The summed E-state index contributed by atoms with van der Waals surface area (Å²) in [5, 5.41) is 15.7. The van der Waals surface area contributed by atoms with E-state index in [-0.39, 0.29) is 11.8 Å². The molecule has 2 aromatic heterocycles. The second-order valence-electron chi connectivity index (χ2n) is 6.56. The number of pyridine rings is 1. The van der Waals surface area contributed by atoms with Crippen molar-refractivity contribution in [1.82, 2.24) is 20.3 Å². The Hall–Kier alpha value is -3.50. The van der Waals surface area contributed by atoms with Crippen LogP contribution < -0.4 is 15.4 Å². The van der Waals surface area contributed by atoms with Crippen molar-refractivity contribution >= 4 is 11.6 Å². The van der Waals surface area contributed by atoms with Gasteiger partial charge in [0, 0.05) is 30.6 Å². The summed E-state index contributed by atoms with van der Waals surface area (Å²) in [6.07, 6.45) is 7.18. The molecule has 1 fully saturated rings. The largest absolute Gasteiger partial charge is 0.486 e. The Morgan fingerprint density at radius 3 is 2.61 bits per heavy atom. The molecule has 1 saturated heterocycles. The lowest BCUT2D eigenvalue weighted by Gasteiger charge is -2.24. The molecule has 1 aliphatic heterocycles. The van der Waals surface area contributed by atoms with Gasteiger partial charge in [0.15, 0.2) is 11.4 Å². The molecule has 140 valence electrons. The van der Waals surface area contributed by atoms with Crippen LogP contribution in [0.4, 0.5) is 11.6 Å². The van der Waals surface area contributed by atoms with Crippen molar-refractivity contribution < 1.29 is 4.74 Å². The van der Waals surface area contributed by atoms with Gasteiger partial charge in [0.1, 0.15) is 12.2 Å². The second kappa shape index (κ2) is 8.46. The minimum Gasteiger partial charge on any atom is -0.486 e. The van der Waals surface area contributed by atoms with Crippen molar-refractivity contribution in [3.8, 4) is 22.9 Å². The van der Waals surface area contributed by atoms with Gasteiger partial charge in [-0.05, 0) is 24.9 Å². The topological polar surface area (TPSA) is 95.8 Å². The third-order valence-electron chi connectivity index (χ3n) is 4.52. The van der Waals surface area contributed by atoms with Crippen LogP contribution in [0.3, 0.4) is 0 Å². The summed E-state index contributed by atoms with van der Waals surface area (Å²) in [6.45, 7) is 1.77. The molecule has 4 rings (SSSR count). The van der Waals surface area contributed by atoms with E-state index in [2.05, 4.69) is 31.7 Å². The van der Waals surface area contributed by atoms with E-state index in [0.29, 0.717) is 17.4 Å². The van der Waals surface area contributed by atoms with Gasteiger partial charge in [-0.3, -0.25) is 0 Å². The number of ether oxygens (including phenoxy) is 1. The Labute approximate surface area is 163 Å². The van der Waals surface area contributed by atoms with Crippen LogP contribution in [0.1, 0.15) is 18.5 Å². The fourth-order valence-corrected chi connectivity index (χ4v) is 3.09. The van der Waals surface area contributed by atoms with Crippen molar-refractivity contribution in [2.45, 2.75) is 18.9 Å². The van der Waals surface area contributed by atoms with Crippen LogP contribution in [0, 0.1) is 11.3 Å². The van der Waals surface area contributed by atoms with Crippen LogP contribution in [0.25, 0.3) is 11.1 Å². The van der Waals surface area contributed by atoms with Crippen LogP contribution in [0.5, 0.6) is 5.75 Å². The summed E-state index contributed by atoms with van der Waals surface area (Å²) in [4.78, 5) is 12.9. The van der Waals surface area contributed by atoms with Gasteiger partial charge < -0.3 is 15.4 Å². The van der Waals surface area contributed by atoms with Gasteiger partial charge in [0.2, 0.25) is 5.95 Å². The molecular weight excluding hydrogens is 352 g/mol. The van der Waals surface area contributed by atoms with Crippen molar-refractivity contribution in [1.29, 1.82) is 5.26 Å². The predicted octanol–water partition coefficient (Wildman–Crippen LogP) is 3.28. The number of nitriles is 1. The SMILES string of the molecule is N#Cc1ncc(Nc2ncc(-c3ccccc3)cn2)cc1OC1CCCNC1. The van der Waals surface area contributed by atoms with Gasteiger partial charge in [-0.15, -0.1) is 0 Å². The zero-order chi connectivity index (χ0) is 19.2. The maximum Gasteiger partial charge on any atom is 0.227 e. The summed E-state index contributed by atoms with van der Waals surface area (Å²) >= 11 is 0. The molecule has 0 saturated carbocycles. The van der Waals surface area contributed by atoms with E-state index in [1.54, 1.807) is 24.7 Å². The molecule has 1 aliphatic rings. The molecule has 0 bridgehead atoms. The first kappa shape index (κ1) is 17.9. The third-order valence-corrected chi connectivity index (χ3v) is 4.52. The van der Waals surface area contributed by atoms with E-state index in [4.69, 9.17) is 4.74 Å². The molecule has 1 aromatic carbocycles. The average molecular weight is 372 g/mol. The van der Waals surface area contributed by atoms with Gasteiger partial charge in [-0.1, -0.05) is 30.3 Å². The molecule has 2 N–H and O–H groups in total. The molecule has 0 spiro atoms. The molecule has 0 aliphatic carbocycles. The standard InChI is InChI=1S/C21H20N6O/c22-10-19-20(28-18-7-4-8-23-14-18)9-17(13-24-19)27-21-25-11-16(12-26-21)15-5-2-1-3-6-15/h1-3,5-6,9,11-13,18,23H,4,7-8,14H2,(H,25,26,27). The molecule has 1 atom stereocenters. The van der Waals surface area contributed by atoms with E-state index in [9.17, 15) is 5.26 Å². The number of aromatic nitrogens is 3. The molecule has 3 aromatic rings. The van der Waals surface area contributed by atoms with E-state index in [1.807, 2.05) is 30.3 Å². The van der Waals surface area contributed by atoms with E-state index in [1.165, 1.54) is 0 Å². The van der Waals surface area contributed by atoms with Crippen molar-refractivity contribution in [3.63, 3.8) is 0 Å². The summed E-state index contributed by atoms with van der Waals surface area (Å²) < 4.78 is 6.00. The lowest BCUT2D eigenvalue weighted by atomic mass is 10.1. The van der Waals surface area contributed by atoms with Crippen molar-refractivity contribution in [3.05, 3.63) is 60.7 Å². The molecule has 0 radical (unpaired) electrons. The van der Waals surface area contributed by atoms with Crippen LogP contribution in [-0.4, -0.2) is 34.1 Å². The molecule has 28 heavy (non-hydrogen) atoms. The van der Waals surface area contributed by atoms with Gasteiger partial charge >= 0.3 is 0 Å². The first-order valence-electron chi connectivity index (χ1n) is 9.24. The third kappa shape index (κ3) is 4.24. The summed E-state index contributed by atoms with van der Waals surface area (Å²) in [7, 11) is 0. The lowest BCUT2D eigenvalue weighted by molar-refractivity contribution is 0.166. The molecule has 7 nitrogen and oxygen atoms in total. The number of piperidine rings is 1. The Morgan fingerprint density at radius 2 is 1.89 bits per heavy atom. The highest BCUT2D eigenvalue weighted by atomic mass is 16.5. The number of benzene rings is 1. The molecular formula is C21H20N6O. The fraction of sp³-hybridized carbons (Fsp3) is 0.238. The predicted molar refractivity (Wildman–Crippen MR) is 106 cm³/mol. The van der Waals surface area contributed by atoms with Crippen molar-refractivity contribution in [2.75, 3.05) is 18.4 Å². The summed E-state index contributed by atoms with van der Waals surface area (Å²) in [5.41, 5.74) is 2.95. The molecule has 7 heteroatoms. The summed E-state index contributed by atoms with van der Waals surface area (Å²) in [5.74, 6) is 0.929. The smallest absolute Gasteiger partial charge is 0.227 e. The van der Waals surface area contributed by atoms with Gasteiger partial charge in [-0.25, -0.2) is 15.0 Å². The lowest BCUT2D eigenvalue weighted by Crippen LogP contribution is -2.37. The van der Waals surface area contributed by atoms with Crippen LogP contribution >= 0.6 is 0 Å². The Kier molecular flexibility index (Phi) is 5.41. The number of nitrogens with zero attached hydrogens (tertiary/aromatic N) is 4.